The second-order valence-electron chi connectivity index (χ2n) is 7.17. The zero-order valence-electron chi connectivity index (χ0n) is 17.6. The van der Waals surface area contributed by atoms with E-state index in [9.17, 15) is 18.0 Å². The van der Waals surface area contributed by atoms with Crippen LogP contribution in [0.2, 0.25) is 15.1 Å². The van der Waals surface area contributed by atoms with Gasteiger partial charge in [-0.25, -0.2) is 4.99 Å². The molecule has 1 heterocycles. The standard InChI is InChI=1S/C24H14Cl3N3O4S/c25-16-12-18(27)20(13-17(16)26)29-24(32)14-23-28-19-8-4-5-9-22(19)35(33,34)30(23)11-10-21(31)15-6-2-1-3-7-15/h1-9,12-13H,14H2,(H,29,32). The Morgan fingerprint density at radius 2 is 1.57 bits per heavy atom. The number of fused-ring (bicyclic) bond motifs is 1. The minimum Gasteiger partial charge on any atom is -0.324 e. The zero-order chi connectivity index (χ0) is 25.2. The van der Waals surface area contributed by atoms with Crippen LogP contribution in [0, 0.1) is 12.0 Å². The van der Waals surface area contributed by atoms with Gasteiger partial charge in [-0.1, -0.05) is 77.3 Å². The fourth-order valence-electron chi connectivity index (χ4n) is 3.14. The molecule has 0 unspecified atom stereocenters. The van der Waals surface area contributed by atoms with E-state index in [2.05, 4.69) is 22.3 Å². The lowest BCUT2D eigenvalue weighted by atomic mass is 10.1. The largest absolute Gasteiger partial charge is 0.324 e. The number of carbonyl (C=O) groups is 2. The minimum absolute atomic E-state index is 0.0989. The van der Waals surface area contributed by atoms with Crippen LogP contribution in [0.3, 0.4) is 0 Å². The molecule has 1 aliphatic rings. The third kappa shape index (κ3) is 5.34. The number of halogens is 3. The van der Waals surface area contributed by atoms with Gasteiger partial charge in [-0.3, -0.25) is 9.59 Å². The van der Waals surface area contributed by atoms with Crippen LogP contribution in [0.1, 0.15) is 16.8 Å². The maximum Gasteiger partial charge on any atom is 0.278 e. The summed E-state index contributed by atoms with van der Waals surface area (Å²) in [4.78, 5) is 29.5. The molecule has 0 atom stereocenters. The van der Waals surface area contributed by atoms with Crippen molar-refractivity contribution in [1.29, 1.82) is 0 Å². The summed E-state index contributed by atoms with van der Waals surface area (Å²) in [5.74, 6) is 0.903. The van der Waals surface area contributed by atoms with E-state index in [1.54, 1.807) is 36.4 Å². The normalized spacial score (nSPS) is 13.7. The van der Waals surface area contributed by atoms with Crippen LogP contribution in [-0.2, 0) is 14.8 Å². The molecule has 1 N–H and O–H groups in total. The van der Waals surface area contributed by atoms with E-state index < -0.39 is 28.1 Å². The first kappa shape index (κ1) is 24.8. The Hall–Kier alpha value is -3.35. The van der Waals surface area contributed by atoms with Gasteiger partial charge in [0.2, 0.25) is 11.7 Å². The lowest BCUT2D eigenvalue weighted by molar-refractivity contribution is -0.115. The summed E-state index contributed by atoms with van der Waals surface area (Å²) in [5.41, 5.74) is 0.623. The smallest absolute Gasteiger partial charge is 0.278 e. The molecule has 1 amide bonds. The summed E-state index contributed by atoms with van der Waals surface area (Å²) in [6, 6.07) is 19.3. The van der Waals surface area contributed by atoms with Crippen molar-refractivity contribution in [2.75, 3.05) is 5.32 Å². The van der Waals surface area contributed by atoms with Gasteiger partial charge in [-0.05, 0) is 24.3 Å². The van der Waals surface area contributed by atoms with Crippen molar-refractivity contribution >= 4 is 73.7 Å². The van der Waals surface area contributed by atoms with Crippen molar-refractivity contribution in [1.82, 2.24) is 4.31 Å². The first-order valence-electron chi connectivity index (χ1n) is 9.94. The number of Topliss-reactive ketones (excluding diaryl/α,β-unsaturated/α-hetero) is 1. The first-order valence-corrected chi connectivity index (χ1v) is 12.5. The summed E-state index contributed by atoms with van der Waals surface area (Å²) in [6.07, 6.45) is -0.488. The van der Waals surface area contributed by atoms with Crippen molar-refractivity contribution in [3.63, 3.8) is 0 Å². The number of para-hydroxylation sites is 1. The van der Waals surface area contributed by atoms with E-state index >= 15 is 0 Å². The predicted molar refractivity (Wildman–Crippen MR) is 136 cm³/mol. The molecule has 1 aliphatic heterocycles. The Morgan fingerprint density at radius 1 is 0.914 bits per heavy atom. The topological polar surface area (TPSA) is 95.9 Å². The highest BCUT2D eigenvalue weighted by Crippen LogP contribution is 2.34. The number of anilines is 1. The Bertz CT molecular complexity index is 1550. The Balaban J connectivity index is 1.68. The summed E-state index contributed by atoms with van der Waals surface area (Å²) >= 11 is 18.0. The molecule has 176 valence electrons. The molecule has 7 nitrogen and oxygen atoms in total. The Morgan fingerprint density at radius 3 is 2.31 bits per heavy atom. The molecule has 0 radical (unpaired) electrons. The van der Waals surface area contributed by atoms with E-state index in [1.807, 2.05) is 0 Å². The van der Waals surface area contributed by atoms with Crippen LogP contribution < -0.4 is 5.32 Å². The third-order valence-corrected chi connectivity index (χ3v) is 7.50. The minimum atomic E-state index is -4.22. The van der Waals surface area contributed by atoms with Gasteiger partial charge in [-0.15, -0.1) is 0 Å². The highest BCUT2D eigenvalue weighted by molar-refractivity contribution is 7.90. The Labute approximate surface area is 216 Å². The lowest BCUT2D eigenvalue weighted by Gasteiger charge is -2.24. The van der Waals surface area contributed by atoms with Gasteiger partial charge in [0.05, 0.1) is 32.9 Å². The highest BCUT2D eigenvalue weighted by atomic mass is 35.5. The van der Waals surface area contributed by atoms with Crippen molar-refractivity contribution in [2.45, 2.75) is 11.3 Å². The number of nitrogens with zero attached hydrogens (tertiary/aromatic N) is 2. The predicted octanol–water partition coefficient (Wildman–Crippen LogP) is 5.55. The van der Waals surface area contributed by atoms with Crippen LogP contribution >= 0.6 is 34.8 Å². The molecular weight excluding hydrogens is 533 g/mol. The molecule has 0 saturated carbocycles. The second-order valence-corrected chi connectivity index (χ2v) is 10.1. The van der Waals surface area contributed by atoms with Crippen molar-refractivity contribution in [2.24, 2.45) is 4.99 Å². The van der Waals surface area contributed by atoms with E-state index in [-0.39, 0.29) is 37.2 Å². The number of sulfonamides is 1. The average molecular weight is 547 g/mol. The molecule has 0 spiro atoms. The van der Waals surface area contributed by atoms with E-state index in [1.165, 1.54) is 30.3 Å². The molecule has 3 aromatic rings. The third-order valence-electron chi connectivity index (χ3n) is 4.78. The van der Waals surface area contributed by atoms with Crippen molar-refractivity contribution in [3.8, 4) is 12.0 Å². The molecule has 0 bridgehead atoms. The van der Waals surface area contributed by atoms with Gasteiger partial charge < -0.3 is 5.32 Å². The quantitative estimate of drug-likeness (QED) is 0.263. The second kappa shape index (κ2) is 10.1. The van der Waals surface area contributed by atoms with Gasteiger partial charge in [0.1, 0.15) is 10.7 Å². The molecule has 3 aromatic carbocycles. The molecule has 0 aliphatic carbocycles. The monoisotopic (exact) mass is 545 g/mol. The molecular formula is C24H14Cl3N3O4S. The molecule has 0 saturated heterocycles. The highest BCUT2D eigenvalue weighted by Gasteiger charge is 2.34. The van der Waals surface area contributed by atoms with Gasteiger partial charge in [-0.2, -0.15) is 12.7 Å². The van der Waals surface area contributed by atoms with E-state index in [0.717, 1.165) is 0 Å². The summed E-state index contributed by atoms with van der Waals surface area (Å²) in [5, 5.41) is 3.08. The maximum atomic E-state index is 13.3. The van der Waals surface area contributed by atoms with Gasteiger partial charge in [0.15, 0.2) is 0 Å². The number of rotatable bonds is 4. The number of aliphatic imine (C=N–C) groups is 1. The van der Waals surface area contributed by atoms with Crippen LogP contribution in [0.15, 0.2) is 76.6 Å². The number of nitrogens with one attached hydrogen (secondary N) is 1. The molecule has 0 aromatic heterocycles. The summed E-state index contributed by atoms with van der Waals surface area (Å²) < 4.78 is 27.2. The first-order chi connectivity index (χ1) is 16.7. The van der Waals surface area contributed by atoms with Gasteiger partial charge in [0.25, 0.3) is 10.0 Å². The summed E-state index contributed by atoms with van der Waals surface area (Å²) in [7, 11) is -4.22. The van der Waals surface area contributed by atoms with Crippen molar-refractivity contribution < 1.29 is 18.0 Å². The number of benzene rings is 3. The fraction of sp³-hybridized carbons (Fsp3) is 0.0417. The average Bonchev–Trinajstić information content (AvgIpc) is 2.82. The molecule has 4 rings (SSSR count). The zero-order valence-corrected chi connectivity index (χ0v) is 20.7. The van der Waals surface area contributed by atoms with Crippen LogP contribution in [0.25, 0.3) is 0 Å². The fourth-order valence-corrected chi connectivity index (χ4v) is 5.11. The van der Waals surface area contributed by atoms with Crippen molar-refractivity contribution in [3.05, 3.63) is 87.4 Å². The number of amidine groups is 1. The van der Waals surface area contributed by atoms with E-state index in [4.69, 9.17) is 34.8 Å². The SMILES string of the molecule is O=C(CC1=Nc2ccccc2S(=O)(=O)N1C#CC(=O)c1ccccc1)Nc1cc(Cl)c(Cl)cc1Cl. The number of hydrogen-bond acceptors (Lipinski definition) is 5. The van der Waals surface area contributed by atoms with Crippen LogP contribution in [-0.4, -0.2) is 30.2 Å². The van der Waals surface area contributed by atoms with Crippen LogP contribution in [0.5, 0.6) is 0 Å². The number of hydrogen-bond donors (Lipinski definition) is 1. The summed E-state index contributed by atoms with van der Waals surface area (Å²) in [6.45, 7) is 0. The van der Waals surface area contributed by atoms with Crippen LogP contribution in [0.4, 0.5) is 11.4 Å². The lowest BCUT2D eigenvalue weighted by Crippen LogP contribution is -2.37. The van der Waals surface area contributed by atoms with Gasteiger partial charge in [0, 0.05) is 17.5 Å². The molecule has 0 fully saturated rings. The molecule has 35 heavy (non-hydrogen) atoms. The van der Waals surface area contributed by atoms with E-state index in [0.29, 0.717) is 9.87 Å². The number of carbonyl (C=O) groups excluding carboxylic acids is 2. The van der Waals surface area contributed by atoms with Gasteiger partial charge >= 0.3 is 0 Å². The number of amides is 1. The maximum absolute atomic E-state index is 13.3. The molecule has 11 heteroatoms. The Kier molecular flexibility index (Phi) is 7.15. The number of ketones is 1.